The molecule has 0 aromatic heterocycles. The number of aliphatic hydroxyl groups is 1. The van der Waals surface area contributed by atoms with Crippen molar-refractivity contribution < 1.29 is 14.3 Å². The van der Waals surface area contributed by atoms with E-state index in [1.807, 2.05) is 12.1 Å². The van der Waals surface area contributed by atoms with Crippen LogP contribution in [-0.2, 0) is 6.42 Å². The van der Waals surface area contributed by atoms with Crippen molar-refractivity contribution in [2.24, 2.45) is 0 Å². The van der Waals surface area contributed by atoms with Crippen LogP contribution in [0.25, 0.3) is 0 Å². The second-order valence-electron chi connectivity index (χ2n) is 6.90. The van der Waals surface area contributed by atoms with E-state index in [2.05, 4.69) is 22.8 Å². The number of hydrogen-bond acceptors (Lipinski definition) is 2. The smallest absolute Gasteiger partial charge is 0.315 e. The van der Waals surface area contributed by atoms with E-state index in [9.17, 15) is 14.3 Å². The maximum Gasteiger partial charge on any atom is 0.315 e. The molecule has 5 heteroatoms. The molecule has 4 rings (SSSR count). The molecule has 3 atom stereocenters. The van der Waals surface area contributed by atoms with E-state index >= 15 is 0 Å². The van der Waals surface area contributed by atoms with E-state index in [0.29, 0.717) is 18.5 Å². The Morgan fingerprint density at radius 3 is 2.68 bits per heavy atom. The number of carbonyl (C=O) groups is 1. The molecule has 4 nitrogen and oxygen atoms in total. The standard InChI is InChI=1S/C20H21FN2O2/c21-14-6-5-13-9-12-3-1-2-4-16(12)17(19(24)18(13)10-14)8-7-15-11-22-20(25)23-15/h1-6,10,15,17,19,24H,7-9,11H2,(H2,22,23,25)/t15-,17+,19+/m0/s1. The molecule has 2 aliphatic rings. The zero-order chi connectivity index (χ0) is 17.4. The largest absolute Gasteiger partial charge is 0.388 e. The van der Waals surface area contributed by atoms with Gasteiger partial charge in [0.1, 0.15) is 5.82 Å². The number of halogens is 1. The van der Waals surface area contributed by atoms with Crippen LogP contribution >= 0.6 is 0 Å². The fourth-order valence-corrected chi connectivity index (χ4v) is 4.02. The zero-order valence-corrected chi connectivity index (χ0v) is 13.8. The third-order valence-corrected chi connectivity index (χ3v) is 5.31. The number of urea groups is 1. The Hall–Kier alpha value is -2.40. The van der Waals surface area contributed by atoms with E-state index in [1.165, 1.54) is 17.7 Å². The molecule has 1 saturated heterocycles. The number of fused-ring (bicyclic) bond motifs is 2. The first-order chi connectivity index (χ1) is 12.1. The molecule has 1 aliphatic carbocycles. The number of nitrogens with one attached hydrogen (secondary N) is 2. The summed E-state index contributed by atoms with van der Waals surface area (Å²) < 4.78 is 13.8. The van der Waals surface area contributed by atoms with Gasteiger partial charge in [0.25, 0.3) is 0 Å². The minimum absolute atomic E-state index is 0.0714. The lowest BCUT2D eigenvalue weighted by Gasteiger charge is -2.25. The summed E-state index contributed by atoms with van der Waals surface area (Å²) in [6.07, 6.45) is 1.43. The lowest BCUT2D eigenvalue weighted by atomic mass is 9.84. The Balaban J connectivity index is 1.66. The van der Waals surface area contributed by atoms with Crippen LogP contribution in [0.3, 0.4) is 0 Å². The Labute approximate surface area is 146 Å². The Morgan fingerprint density at radius 2 is 1.88 bits per heavy atom. The Bertz CT molecular complexity index is 808. The third-order valence-electron chi connectivity index (χ3n) is 5.31. The number of hydrogen-bond donors (Lipinski definition) is 3. The molecular formula is C20H21FN2O2. The molecule has 0 spiro atoms. The predicted molar refractivity (Wildman–Crippen MR) is 92.9 cm³/mol. The van der Waals surface area contributed by atoms with Crippen LogP contribution in [0.5, 0.6) is 0 Å². The highest BCUT2D eigenvalue weighted by Crippen LogP contribution is 2.42. The van der Waals surface area contributed by atoms with Gasteiger partial charge in [0.15, 0.2) is 0 Å². The highest BCUT2D eigenvalue weighted by molar-refractivity contribution is 5.76. The van der Waals surface area contributed by atoms with Gasteiger partial charge < -0.3 is 15.7 Å². The molecule has 0 radical (unpaired) electrons. The van der Waals surface area contributed by atoms with Gasteiger partial charge in [0.05, 0.1) is 6.10 Å². The van der Waals surface area contributed by atoms with Crippen molar-refractivity contribution in [1.82, 2.24) is 10.6 Å². The molecule has 1 heterocycles. The van der Waals surface area contributed by atoms with E-state index < -0.39 is 6.10 Å². The van der Waals surface area contributed by atoms with E-state index in [0.717, 1.165) is 24.0 Å². The molecule has 2 aromatic carbocycles. The van der Waals surface area contributed by atoms with Crippen LogP contribution in [0.2, 0.25) is 0 Å². The average Bonchev–Trinajstić information content (AvgIpc) is 2.98. The fourth-order valence-electron chi connectivity index (χ4n) is 4.02. The minimum Gasteiger partial charge on any atom is -0.388 e. The lowest BCUT2D eigenvalue weighted by Crippen LogP contribution is -2.27. The number of rotatable bonds is 3. The summed E-state index contributed by atoms with van der Waals surface area (Å²) in [7, 11) is 0. The zero-order valence-electron chi connectivity index (χ0n) is 13.8. The summed E-state index contributed by atoms with van der Waals surface area (Å²) in [4.78, 5) is 11.3. The van der Waals surface area contributed by atoms with Crippen molar-refractivity contribution in [2.45, 2.75) is 37.3 Å². The first kappa shape index (κ1) is 16.1. The molecule has 0 bridgehead atoms. The van der Waals surface area contributed by atoms with Crippen LogP contribution in [0, 0.1) is 5.82 Å². The van der Waals surface area contributed by atoms with Crippen molar-refractivity contribution in [1.29, 1.82) is 0 Å². The summed E-state index contributed by atoms with van der Waals surface area (Å²) in [5, 5.41) is 16.7. The summed E-state index contributed by atoms with van der Waals surface area (Å²) in [5.41, 5.74) is 3.93. The van der Waals surface area contributed by atoms with Gasteiger partial charge in [-0.25, -0.2) is 9.18 Å². The maximum atomic E-state index is 13.8. The molecule has 3 N–H and O–H groups in total. The van der Waals surface area contributed by atoms with E-state index in [4.69, 9.17) is 0 Å². The SMILES string of the molecule is O=C1NC[C@H](CC[C@@H]2c3ccccc3Cc3ccc(F)cc3[C@@H]2O)N1. The van der Waals surface area contributed by atoms with Crippen molar-refractivity contribution in [3.8, 4) is 0 Å². The molecule has 0 saturated carbocycles. The number of amides is 2. The highest BCUT2D eigenvalue weighted by atomic mass is 19.1. The van der Waals surface area contributed by atoms with Gasteiger partial charge in [0.2, 0.25) is 0 Å². The first-order valence-electron chi connectivity index (χ1n) is 8.70. The quantitative estimate of drug-likeness (QED) is 0.804. The molecule has 2 amide bonds. The van der Waals surface area contributed by atoms with Crippen LogP contribution < -0.4 is 10.6 Å². The second kappa shape index (κ2) is 6.48. The van der Waals surface area contributed by atoms with Gasteiger partial charge in [-0.2, -0.15) is 0 Å². The van der Waals surface area contributed by atoms with Crippen molar-refractivity contribution >= 4 is 6.03 Å². The topological polar surface area (TPSA) is 61.4 Å². The maximum absolute atomic E-state index is 13.8. The molecular weight excluding hydrogens is 319 g/mol. The van der Waals surface area contributed by atoms with Crippen LogP contribution in [0.15, 0.2) is 42.5 Å². The van der Waals surface area contributed by atoms with Crippen molar-refractivity contribution in [2.75, 3.05) is 6.54 Å². The lowest BCUT2D eigenvalue weighted by molar-refractivity contribution is 0.138. The van der Waals surface area contributed by atoms with Gasteiger partial charge in [-0.3, -0.25) is 0 Å². The molecule has 25 heavy (non-hydrogen) atoms. The molecule has 1 fully saturated rings. The van der Waals surface area contributed by atoms with E-state index in [-0.39, 0.29) is 23.8 Å². The van der Waals surface area contributed by atoms with E-state index in [1.54, 1.807) is 6.07 Å². The summed E-state index contributed by atoms with van der Waals surface area (Å²) in [6, 6.07) is 12.7. The average molecular weight is 340 g/mol. The van der Waals surface area contributed by atoms with Gasteiger partial charge in [-0.15, -0.1) is 0 Å². The van der Waals surface area contributed by atoms with Gasteiger partial charge >= 0.3 is 6.03 Å². The second-order valence-corrected chi connectivity index (χ2v) is 6.90. The van der Waals surface area contributed by atoms with Gasteiger partial charge in [-0.05, 0) is 53.6 Å². The summed E-state index contributed by atoms with van der Waals surface area (Å²) >= 11 is 0. The first-order valence-corrected chi connectivity index (χ1v) is 8.70. The summed E-state index contributed by atoms with van der Waals surface area (Å²) in [6.45, 7) is 0.606. The Kier molecular flexibility index (Phi) is 4.17. The Morgan fingerprint density at radius 1 is 1.08 bits per heavy atom. The molecule has 0 unspecified atom stereocenters. The van der Waals surface area contributed by atoms with Gasteiger partial charge in [0, 0.05) is 18.5 Å². The normalized spacial score (nSPS) is 24.7. The molecule has 130 valence electrons. The van der Waals surface area contributed by atoms with Crippen LogP contribution in [0.1, 0.15) is 47.1 Å². The third kappa shape index (κ3) is 3.12. The number of carbonyl (C=O) groups excluding carboxylic acids is 1. The monoisotopic (exact) mass is 340 g/mol. The minimum atomic E-state index is -0.751. The van der Waals surface area contributed by atoms with Crippen LogP contribution in [0.4, 0.5) is 9.18 Å². The summed E-state index contributed by atoms with van der Waals surface area (Å²) in [5.74, 6) is -0.438. The van der Waals surface area contributed by atoms with Crippen LogP contribution in [-0.4, -0.2) is 23.7 Å². The van der Waals surface area contributed by atoms with Crippen molar-refractivity contribution in [3.05, 3.63) is 70.5 Å². The molecule has 2 aromatic rings. The van der Waals surface area contributed by atoms with Crippen molar-refractivity contribution in [3.63, 3.8) is 0 Å². The van der Waals surface area contributed by atoms with Gasteiger partial charge in [-0.1, -0.05) is 30.3 Å². The molecule has 1 aliphatic heterocycles. The predicted octanol–water partition coefficient (Wildman–Crippen LogP) is 3.01. The fraction of sp³-hybridized carbons (Fsp3) is 0.350. The number of benzene rings is 2. The highest BCUT2D eigenvalue weighted by Gasteiger charge is 2.31. The number of aliphatic hydroxyl groups excluding tert-OH is 1.